The average molecular weight is 1180 g/mol. The maximum Gasteiger partial charge on any atom is 1.00 e. The van der Waals surface area contributed by atoms with Crippen molar-refractivity contribution in [2.45, 2.75) is 134 Å². The van der Waals surface area contributed by atoms with E-state index in [2.05, 4.69) is 16.7 Å². The predicted octanol–water partition coefficient (Wildman–Crippen LogP) is 4.60. The van der Waals surface area contributed by atoms with E-state index >= 15 is 0 Å². The summed E-state index contributed by atoms with van der Waals surface area (Å²) < 4.78 is 57.5. The molecule has 19 nitrogen and oxygen atoms in total. The van der Waals surface area contributed by atoms with Gasteiger partial charge in [-0.05, 0) is 159 Å². The van der Waals surface area contributed by atoms with Crippen LogP contribution in [0, 0.1) is 12.8 Å². The summed E-state index contributed by atoms with van der Waals surface area (Å²) in [6.45, 7) is 4.96. The summed E-state index contributed by atoms with van der Waals surface area (Å²) in [4.78, 5) is 109. The zero-order valence-electron chi connectivity index (χ0n) is 48.3. The molecule has 21 heteroatoms. The van der Waals surface area contributed by atoms with Crippen molar-refractivity contribution in [1.82, 2.24) is 10.2 Å². The monoisotopic (exact) mass is 1180 g/mol. The second-order valence-electron chi connectivity index (χ2n) is 22.4. The summed E-state index contributed by atoms with van der Waals surface area (Å²) in [5.74, 6) is -2.33. The van der Waals surface area contributed by atoms with E-state index in [9.17, 15) is 51.3 Å². The van der Waals surface area contributed by atoms with Crippen LogP contribution >= 0.6 is 0 Å². The third kappa shape index (κ3) is 13.8. The summed E-state index contributed by atoms with van der Waals surface area (Å²) >= 11 is 0. The van der Waals surface area contributed by atoms with E-state index < -0.39 is 57.0 Å². The largest absolute Gasteiger partial charge is 1.00 e. The Kier molecular flexibility index (Phi) is 19.3. The second-order valence-corrected chi connectivity index (χ2v) is 24.0. The van der Waals surface area contributed by atoms with E-state index in [1.807, 2.05) is 47.4 Å². The second kappa shape index (κ2) is 26.4. The number of hydrogen-bond acceptors (Lipinski definition) is 14. The number of carbonyl (C=O) groups excluding carboxylic acids is 8. The summed E-state index contributed by atoms with van der Waals surface area (Å²) in [7, 11) is -3.38. The van der Waals surface area contributed by atoms with Crippen LogP contribution in [0.4, 0.5) is 17.1 Å². The molecule has 5 atom stereocenters. The number of imide groups is 1. The Bertz CT molecular complexity index is 3640. The first-order chi connectivity index (χ1) is 40.2. The minimum Gasteiger partial charge on any atom is -0.748 e. The number of aryl methyl sites for hydroxylation is 2. The number of nitrogens with zero attached hydrogens (tertiary/aromatic N) is 3. The Morgan fingerprint density at radius 3 is 1.98 bits per heavy atom. The van der Waals surface area contributed by atoms with Crippen molar-refractivity contribution < 1.29 is 95.1 Å². The zero-order chi connectivity index (χ0) is 59.6. The molecule has 0 saturated carbocycles. The molecule has 6 amide bonds. The van der Waals surface area contributed by atoms with Crippen LogP contribution in [0.25, 0.3) is 0 Å². The molecule has 10 rings (SSSR count). The van der Waals surface area contributed by atoms with Gasteiger partial charge in [0.1, 0.15) is 24.7 Å². The van der Waals surface area contributed by atoms with Gasteiger partial charge in [0.15, 0.2) is 17.3 Å². The van der Waals surface area contributed by atoms with E-state index in [0.29, 0.717) is 82.1 Å². The number of methoxy groups -OCH3 is 1. The van der Waals surface area contributed by atoms with Crippen molar-refractivity contribution in [3.05, 3.63) is 153 Å². The molecule has 0 spiro atoms. The Morgan fingerprint density at radius 1 is 0.694 bits per heavy atom. The van der Waals surface area contributed by atoms with Crippen LogP contribution in [0.1, 0.15) is 125 Å². The van der Waals surface area contributed by atoms with Crippen LogP contribution in [0.5, 0.6) is 17.2 Å². The van der Waals surface area contributed by atoms with Crippen molar-refractivity contribution in [3.8, 4) is 17.2 Å². The van der Waals surface area contributed by atoms with Gasteiger partial charge in [-0.15, -0.1) is 0 Å². The topological polar surface area (TPSA) is 255 Å². The number of rotatable bonds is 23. The Labute approximate surface area is 515 Å². The Morgan fingerprint density at radius 2 is 1.29 bits per heavy atom. The van der Waals surface area contributed by atoms with E-state index in [0.717, 1.165) is 40.1 Å². The Balaban J connectivity index is 0.00000865. The molecule has 5 aromatic rings. The van der Waals surface area contributed by atoms with E-state index in [-0.39, 0.29) is 123 Å². The van der Waals surface area contributed by atoms with Gasteiger partial charge in [0.25, 0.3) is 23.6 Å². The summed E-state index contributed by atoms with van der Waals surface area (Å²) in [6, 6.07) is 25.4. The average Bonchev–Trinajstić information content (AvgIpc) is 1.77. The number of ketones is 2. The number of ether oxygens (including phenoxy) is 3. The molecule has 0 aromatic heterocycles. The number of hydrogen-bond donors (Lipinski definition) is 2. The molecule has 1 unspecified atom stereocenters. The molecule has 0 fully saturated rings. The number of para-hydroxylation sites is 2. The molecular weight excluding hydrogens is 1120 g/mol. The van der Waals surface area contributed by atoms with Crippen LogP contribution in [0.3, 0.4) is 0 Å². The molecule has 0 aliphatic carbocycles. The molecular formula is C64H66N5NaO14S. The van der Waals surface area contributed by atoms with Gasteiger partial charge in [0.05, 0.1) is 34.6 Å². The number of benzene rings is 5. The molecule has 5 aromatic carbocycles. The number of nitrogens with one attached hydrogen (secondary N) is 2. The van der Waals surface area contributed by atoms with Gasteiger partial charge in [-0.25, -0.2) is 8.42 Å². The number of unbranched alkanes of at least 4 members (excludes halogenated alkanes) is 1. The van der Waals surface area contributed by atoms with Crippen molar-refractivity contribution in [2.75, 3.05) is 28.8 Å². The quantitative estimate of drug-likeness (QED) is 0.0393. The van der Waals surface area contributed by atoms with Crippen LogP contribution in [-0.2, 0) is 77.8 Å². The van der Waals surface area contributed by atoms with Gasteiger partial charge in [0, 0.05) is 84.5 Å². The zero-order valence-corrected chi connectivity index (χ0v) is 51.1. The molecule has 438 valence electrons. The molecule has 0 radical (unpaired) electrons. The molecule has 85 heavy (non-hydrogen) atoms. The Hall–Kier alpha value is -7.49. The molecule has 5 aliphatic heterocycles. The SMILES string of the molecule is COc1cc2c(cc1OCc1cc(COc3cc4c(cc3C)C(=O)N3c5ccccc5C[C@H]3C(S(=O)(=O)[O-])C4)cc(NC(=O)[C@H](C)CC(=O)[C@H](C)NC(=O)CCCCC(=O)CCCN3C(=O)C=CC3=O)c1)CC[C@@H]1Cc3ccccc3N1C2=O.[Na+]. The van der Waals surface area contributed by atoms with Crippen LogP contribution in [0.15, 0.2) is 103 Å². The maximum atomic E-state index is 14.3. The fraction of sp³-hybridized carbons (Fsp3) is 0.375. The number of Topliss-reactive ketones (excluding diaryl/α,β-unsaturated/α-hetero) is 2. The fourth-order valence-electron chi connectivity index (χ4n) is 12.1. The first-order valence-corrected chi connectivity index (χ1v) is 29.9. The van der Waals surface area contributed by atoms with E-state index in [1.165, 1.54) is 24.2 Å². The van der Waals surface area contributed by atoms with E-state index in [4.69, 9.17) is 14.2 Å². The summed E-state index contributed by atoms with van der Waals surface area (Å²) in [5, 5.41) is 4.22. The summed E-state index contributed by atoms with van der Waals surface area (Å²) in [6.07, 6.45) is 6.05. The number of anilines is 3. The van der Waals surface area contributed by atoms with Gasteiger partial charge < -0.3 is 39.2 Å². The van der Waals surface area contributed by atoms with Gasteiger partial charge in [-0.1, -0.05) is 43.3 Å². The van der Waals surface area contributed by atoms with Crippen LogP contribution in [0.2, 0.25) is 0 Å². The first-order valence-electron chi connectivity index (χ1n) is 28.4. The first kappa shape index (κ1) is 62.1. The molecule has 5 heterocycles. The number of carbonyl (C=O) groups is 8. The van der Waals surface area contributed by atoms with Gasteiger partial charge in [-0.3, -0.25) is 43.3 Å². The molecule has 2 N–H and O–H groups in total. The van der Waals surface area contributed by atoms with Gasteiger partial charge in [0.2, 0.25) is 11.8 Å². The smallest absolute Gasteiger partial charge is 0.748 e. The number of fused-ring (bicyclic) bond motifs is 8. The number of amides is 6. The van der Waals surface area contributed by atoms with E-state index in [1.54, 1.807) is 63.2 Å². The van der Waals surface area contributed by atoms with Crippen molar-refractivity contribution in [2.24, 2.45) is 5.92 Å². The molecule has 5 aliphatic rings. The normalized spacial score (nSPS) is 18.1. The predicted molar refractivity (Wildman–Crippen MR) is 310 cm³/mol. The third-order valence-corrected chi connectivity index (χ3v) is 17.7. The van der Waals surface area contributed by atoms with Crippen molar-refractivity contribution in [3.63, 3.8) is 0 Å². The fourth-order valence-corrected chi connectivity index (χ4v) is 13.1. The molecule has 0 bridgehead atoms. The van der Waals surface area contributed by atoms with Crippen LogP contribution in [-0.4, -0.2) is 102 Å². The van der Waals surface area contributed by atoms with Crippen LogP contribution < -0.4 is 64.2 Å². The third-order valence-electron chi connectivity index (χ3n) is 16.5. The van der Waals surface area contributed by atoms with Crippen molar-refractivity contribution >= 4 is 74.2 Å². The minimum atomic E-state index is -4.89. The van der Waals surface area contributed by atoms with Gasteiger partial charge >= 0.3 is 29.6 Å². The summed E-state index contributed by atoms with van der Waals surface area (Å²) in [5.41, 5.74) is 7.47. The maximum absolute atomic E-state index is 14.3. The molecule has 0 saturated heterocycles. The minimum absolute atomic E-state index is 0. The van der Waals surface area contributed by atoms with Crippen molar-refractivity contribution in [1.29, 1.82) is 0 Å². The van der Waals surface area contributed by atoms with Gasteiger partial charge in [-0.2, -0.15) is 0 Å². The standard InChI is InChI=1S/C64H67N5O14S.Na/c1-37-24-49-45(33-58(84(78,79)80)53-30-44-13-6-9-17-52(44)69(53)64(49)77)32-55(37)82-35-40-26-41(36-83-57-31-42-19-20-47-29-43-12-5-8-16-51(43)68(47)63(76)50(42)34-56(57)81-4)28-46(27-40)66-62(75)38(2)25-54(71)39(3)65-59(72)18-10-7-14-48(70)15-11-23-67-60(73)21-22-61(67)74;/h5-6,8-9,12-13,16-17,21-22,24,26-28,31-32,34,38-39,47,53,58H,7,10-11,14-15,18-20,23,25,29-30,33,35-36H2,1-4H3,(H,65,72)(H,66,75)(H,78,79,80);/q;+1/p-1/t38-,39+,47-,53+,58?;/m1./s1.